The van der Waals surface area contributed by atoms with Gasteiger partial charge in [0.1, 0.15) is 6.17 Å². The molecule has 0 N–H and O–H groups in total. The lowest BCUT2D eigenvalue weighted by molar-refractivity contribution is -0.115. The molecule has 15 heavy (non-hydrogen) atoms. The van der Waals surface area contributed by atoms with E-state index >= 15 is 0 Å². The molecule has 3 unspecified atom stereocenters. The van der Waals surface area contributed by atoms with Crippen LogP contribution in [-0.2, 0) is 11.2 Å². The predicted octanol–water partition coefficient (Wildman–Crippen LogP) is 2.44. The number of halogens is 3. The number of benzene rings is 1. The van der Waals surface area contributed by atoms with Gasteiger partial charge in [-0.05, 0) is 5.56 Å². The van der Waals surface area contributed by atoms with Crippen molar-refractivity contribution in [3.63, 3.8) is 0 Å². The molecule has 0 aliphatic rings. The topological polar surface area (TPSA) is 17.1 Å². The van der Waals surface area contributed by atoms with E-state index in [1.165, 1.54) is 0 Å². The molecule has 0 spiro atoms. The molecule has 1 aromatic rings. The van der Waals surface area contributed by atoms with Crippen molar-refractivity contribution in [2.75, 3.05) is 0 Å². The molecule has 0 amide bonds. The second-order valence-corrected chi connectivity index (χ2v) is 3.23. The van der Waals surface area contributed by atoms with Crippen molar-refractivity contribution in [3.8, 4) is 0 Å². The number of hydrogen-bond donors (Lipinski definition) is 0. The summed E-state index contributed by atoms with van der Waals surface area (Å²) in [5.74, 6) is 0. The summed E-state index contributed by atoms with van der Waals surface area (Å²) in [5, 5.41) is 0. The van der Waals surface area contributed by atoms with Gasteiger partial charge in [0.15, 0.2) is 18.6 Å². The third-order valence-electron chi connectivity index (χ3n) is 2.05. The summed E-state index contributed by atoms with van der Waals surface area (Å²) in [6.07, 6.45) is -7.21. The van der Waals surface area contributed by atoms with Gasteiger partial charge in [0.25, 0.3) is 0 Å². The van der Waals surface area contributed by atoms with Gasteiger partial charge in [0, 0.05) is 6.42 Å². The van der Waals surface area contributed by atoms with Crippen LogP contribution in [0.1, 0.15) is 5.56 Å². The Morgan fingerprint density at radius 2 is 1.73 bits per heavy atom. The van der Waals surface area contributed by atoms with Crippen LogP contribution in [0, 0.1) is 0 Å². The molecular weight excluding hydrogens is 205 g/mol. The minimum atomic E-state index is -2.39. The lowest BCUT2D eigenvalue weighted by Crippen LogP contribution is -2.30. The largest absolute Gasteiger partial charge is 0.300 e. The highest BCUT2D eigenvalue weighted by molar-refractivity contribution is 5.57. The maximum atomic E-state index is 13.1. The van der Waals surface area contributed by atoms with E-state index in [-0.39, 0.29) is 12.7 Å². The number of carbonyl (C=O) groups excluding carboxylic acids is 1. The average molecular weight is 216 g/mol. The van der Waals surface area contributed by atoms with Crippen LogP contribution in [0.2, 0.25) is 0 Å². The lowest BCUT2D eigenvalue weighted by Gasteiger charge is -2.13. The highest BCUT2D eigenvalue weighted by Gasteiger charge is 2.29. The van der Waals surface area contributed by atoms with Crippen molar-refractivity contribution >= 4 is 6.29 Å². The highest BCUT2D eigenvalue weighted by Crippen LogP contribution is 2.15. The molecule has 1 rings (SSSR count). The zero-order chi connectivity index (χ0) is 11.3. The molecular formula is C11H11F3O. The quantitative estimate of drug-likeness (QED) is 0.691. The van der Waals surface area contributed by atoms with E-state index in [4.69, 9.17) is 0 Å². The normalized spacial score (nSPS) is 16.7. The molecule has 1 aromatic carbocycles. The molecule has 3 atom stereocenters. The number of aldehydes is 1. The first kappa shape index (κ1) is 11.8. The first-order chi connectivity index (χ1) is 7.15. The average Bonchev–Trinajstić information content (AvgIpc) is 2.28. The van der Waals surface area contributed by atoms with E-state index in [9.17, 15) is 18.0 Å². The SMILES string of the molecule is O=CC(F)C(F)C(F)Cc1ccccc1. The van der Waals surface area contributed by atoms with Crippen LogP contribution in [0.15, 0.2) is 30.3 Å². The van der Waals surface area contributed by atoms with Crippen LogP contribution in [0.3, 0.4) is 0 Å². The Morgan fingerprint density at radius 1 is 1.13 bits per heavy atom. The van der Waals surface area contributed by atoms with Crippen LogP contribution in [-0.4, -0.2) is 24.8 Å². The smallest absolute Gasteiger partial charge is 0.189 e. The third-order valence-corrected chi connectivity index (χ3v) is 2.05. The van der Waals surface area contributed by atoms with Gasteiger partial charge in [-0.3, -0.25) is 4.79 Å². The molecule has 82 valence electrons. The molecule has 1 nitrogen and oxygen atoms in total. The van der Waals surface area contributed by atoms with Gasteiger partial charge in [-0.25, -0.2) is 13.2 Å². The number of rotatable bonds is 5. The Balaban J connectivity index is 2.55. The van der Waals surface area contributed by atoms with Gasteiger partial charge < -0.3 is 0 Å². The molecule has 0 bridgehead atoms. The van der Waals surface area contributed by atoms with Gasteiger partial charge in [-0.15, -0.1) is 0 Å². The second kappa shape index (κ2) is 5.53. The monoisotopic (exact) mass is 216 g/mol. The molecule has 0 radical (unpaired) electrons. The second-order valence-electron chi connectivity index (χ2n) is 3.23. The standard InChI is InChI=1S/C11H11F3O/c12-9(11(14)10(13)7-15)6-8-4-2-1-3-5-8/h1-5,7,9-11H,6H2. The van der Waals surface area contributed by atoms with Crippen molar-refractivity contribution in [3.05, 3.63) is 35.9 Å². The van der Waals surface area contributed by atoms with Crippen molar-refractivity contribution in [2.45, 2.75) is 24.9 Å². The minimum Gasteiger partial charge on any atom is -0.300 e. The summed E-state index contributed by atoms with van der Waals surface area (Å²) < 4.78 is 38.5. The highest BCUT2D eigenvalue weighted by atomic mass is 19.2. The first-order valence-corrected chi connectivity index (χ1v) is 4.56. The van der Waals surface area contributed by atoms with Gasteiger partial charge >= 0.3 is 0 Å². The number of alkyl halides is 3. The van der Waals surface area contributed by atoms with Gasteiger partial charge in [-0.1, -0.05) is 30.3 Å². The molecule has 0 heterocycles. The summed E-state index contributed by atoms with van der Waals surface area (Å²) in [6.45, 7) is 0. The molecule has 0 fully saturated rings. The molecule has 0 saturated carbocycles. The maximum absolute atomic E-state index is 13.1. The van der Waals surface area contributed by atoms with Crippen LogP contribution in [0.4, 0.5) is 13.2 Å². The first-order valence-electron chi connectivity index (χ1n) is 4.56. The molecule has 0 saturated heterocycles. The third kappa shape index (κ3) is 3.38. The van der Waals surface area contributed by atoms with Gasteiger partial charge in [-0.2, -0.15) is 0 Å². The van der Waals surface area contributed by atoms with Crippen molar-refractivity contribution < 1.29 is 18.0 Å². The Bertz CT molecular complexity index is 302. The Morgan fingerprint density at radius 3 is 2.27 bits per heavy atom. The number of carbonyl (C=O) groups is 1. The van der Waals surface area contributed by atoms with E-state index in [1.807, 2.05) is 0 Å². The summed E-state index contributed by atoms with van der Waals surface area (Å²) in [7, 11) is 0. The summed E-state index contributed by atoms with van der Waals surface area (Å²) in [5.41, 5.74) is 0.575. The zero-order valence-electron chi connectivity index (χ0n) is 7.95. The van der Waals surface area contributed by atoms with Gasteiger partial charge in [0.05, 0.1) is 0 Å². The van der Waals surface area contributed by atoms with Crippen LogP contribution in [0.25, 0.3) is 0 Å². The minimum absolute atomic E-state index is 0.220. The van der Waals surface area contributed by atoms with E-state index < -0.39 is 18.5 Å². The fourth-order valence-electron chi connectivity index (χ4n) is 1.23. The molecule has 0 aromatic heterocycles. The van der Waals surface area contributed by atoms with Crippen LogP contribution < -0.4 is 0 Å². The molecule has 0 aliphatic heterocycles. The molecule has 4 heteroatoms. The van der Waals surface area contributed by atoms with E-state index in [2.05, 4.69) is 0 Å². The molecule has 0 aliphatic carbocycles. The Labute approximate surface area is 85.9 Å². The maximum Gasteiger partial charge on any atom is 0.189 e. The summed E-state index contributed by atoms with van der Waals surface area (Å²) >= 11 is 0. The predicted molar refractivity (Wildman–Crippen MR) is 50.9 cm³/mol. The Hall–Kier alpha value is -1.32. The van der Waals surface area contributed by atoms with Crippen molar-refractivity contribution in [1.29, 1.82) is 0 Å². The number of hydrogen-bond acceptors (Lipinski definition) is 1. The fourth-order valence-corrected chi connectivity index (χ4v) is 1.23. The zero-order valence-corrected chi connectivity index (χ0v) is 7.95. The Kier molecular flexibility index (Phi) is 4.34. The van der Waals surface area contributed by atoms with Gasteiger partial charge in [0.2, 0.25) is 0 Å². The van der Waals surface area contributed by atoms with Crippen molar-refractivity contribution in [2.24, 2.45) is 0 Å². The fraction of sp³-hybridized carbons (Fsp3) is 0.364. The van der Waals surface area contributed by atoms with Crippen LogP contribution in [0.5, 0.6) is 0 Å². The van der Waals surface area contributed by atoms with Crippen LogP contribution >= 0.6 is 0 Å². The lowest BCUT2D eigenvalue weighted by atomic mass is 10.0. The van der Waals surface area contributed by atoms with E-state index in [1.54, 1.807) is 30.3 Å². The van der Waals surface area contributed by atoms with E-state index in [0.717, 1.165) is 0 Å². The summed E-state index contributed by atoms with van der Waals surface area (Å²) in [6, 6.07) is 8.35. The summed E-state index contributed by atoms with van der Waals surface area (Å²) in [4.78, 5) is 9.92. The van der Waals surface area contributed by atoms with E-state index in [0.29, 0.717) is 5.56 Å². The van der Waals surface area contributed by atoms with Crippen molar-refractivity contribution in [1.82, 2.24) is 0 Å².